The number of rotatable bonds is 2. The zero-order valence-corrected chi connectivity index (χ0v) is 10.1. The van der Waals surface area contributed by atoms with E-state index in [2.05, 4.69) is 74.1 Å². The molecule has 0 N–H and O–H groups in total. The first-order chi connectivity index (χ1) is 7.68. The van der Waals surface area contributed by atoms with Gasteiger partial charge in [0.25, 0.3) is 0 Å². The normalized spacial score (nSPS) is 11.8. The molecule has 0 bridgehead atoms. The lowest BCUT2D eigenvalue weighted by Crippen LogP contribution is -2.28. The van der Waals surface area contributed by atoms with Gasteiger partial charge >= 0.3 is 0 Å². The van der Waals surface area contributed by atoms with Crippen molar-refractivity contribution in [1.82, 2.24) is 0 Å². The molecule has 0 saturated carbocycles. The van der Waals surface area contributed by atoms with Gasteiger partial charge in [0.15, 0.2) is 6.20 Å². The number of aromatic nitrogens is 1. The molecule has 16 heavy (non-hydrogen) atoms. The van der Waals surface area contributed by atoms with E-state index < -0.39 is 0 Å². The third-order valence-corrected chi connectivity index (χ3v) is 2.73. The molecular weight excluding hydrogens is 194 g/mol. The van der Waals surface area contributed by atoms with E-state index in [9.17, 15) is 0 Å². The molecule has 2 aromatic rings. The van der Waals surface area contributed by atoms with Crippen LogP contribution in [-0.4, -0.2) is 0 Å². The highest BCUT2D eigenvalue weighted by Crippen LogP contribution is 2.16. The second kappa shape index (κ2) is 4.48. The standard InChI is InChI=1S/C15H18N/c1-12(2)8-9-13-10-11-16(3)15-7-5-4-6-14(13)15/h4-12H,1-3H3/q+1/b9-8+. The molecular formula is C15H18N+. The summed E-state index contributed by atoms with van der Waals surface area (Å²) < 4.78 is 2.15. The van der Waals surface area contributed by atoms with E-state index in [1.54, 1.807) is 0 Å². The summed E-state index contributed by atoms with van der Waals surface area (Å²) in [4.78, 5) is 0. The molecule has 0 spiro atoms. The number of allylic oxidation sites excluding steroid dienone is 1. The first kappa shape index (κ1) is 10.9. The smallest absolute Gasteiger partial charge is 0.201 e. The Hall–Kier alpha value is -1.63. The lowest BCUT2D eigenvalue weighted by molar-refractivity contribution is -0.644. The summed E-state index contributed by atoms with van der Waals surface area (Å²) in [6.45, 7) is 4.39. The monoisotopic (exact) mass is 212 g/mol. The van der Waals surface area contributed by atoms with Crippen LogP contribution in [0.2, 0.25) is 0 Å². The molecule has 1 aromatic carbocycles. The van der Waals surface area contributed by atoms with Gasteiger partial charge < -0.3 is 0 Å². The average molecular weight is 212 g/mol. The molecule has 1 aromatic heterocycles. The van der Waals surface area contributed by atoms with Crippen LogP contribution >= 0.6 is 0 Å². The Balaban J connectivity index is 2.59. The maximum atomic E-state index is 2.24. The number of fused-ring (bicyclic) bond motifs is 1. The molecule has 0 saturated heterocycles. The minimum absolute atomic E-state index is 0.590. The van der Waals surface area contributed by atoms with Crippen molar-refractivity contribution < 1.29 is 4.57 Å². The van der Waals surface area contributed by atoms with E-state index in [0.29, 0.717) is 5.92 Å². The number of nitrogens with zero attached hydrogens (tertiary/aromatic N) is 1. The van der Waals surface area contributed by atoms with Crippen molar-refractivity contribution >= 4 is 17.0 Å². The van der Waals surface area contributed by atoms with E-state index in [1.165, 1.54) is 16.5 Å². The van der Waals surface area contributed by atoms with Crippen molar-refractivity contribution in [2.24, 2.45) is 13.0 Å². The van der Waals surface area contributed by atoms with Crippen LogP contribution in [0.3, 0.4) is 0 Å². The van der Waals surface area contributed by atoms with Gasteiger partial charge in [-0.1, -0.05) is 38.1 Å². The summed E-state index contributed by atoms with van der Waals surface area (Å²) in [6, 6.07) is 10.7. The van der Waals surface area contributed by atoms with Crippen molar-refractivity contribution in [2.75, 3.05) is 0 Å². The zero-order valence-electron chi connectivity index (χ0n) is 10.1. The molecule has 0 amide bonds. The topological polar surface area (TPSA) is 3.88 Å². The van der Waals surface area contributed by atoms with Crippen molar-refractivity contribution in [3.8, 4) is 0 Å². The highest BCUT2D eigenvalue weighted by molar-refractivity contribution is 5.85. The fraction of sp³-hybridized carbons (Fsp3) is 0.267. The lowest BCUT2D eigenvalue weighted by atomic mass is 10.1. The third-order valence-electron chi connectivity index (χ3n) is 2.73. The molecule has 1 heteroatoms. The van der Waals surface area contributed by atoms with Gasteiger partial charge in [0, 0.05) is 12.1 Å². The Kier molecular flexibility index (Phi) is 3.04. The van der Waals surface area contributed by atoms with Crippen LogP contribution in [0, 0.1) is 5.92 Å². The van der Waals surface area contributed by atoms with Crippen LogP contribution in [0.5, 0.6) is 0 Å². The van der Waals surface area contributed by atoms with E-state index in [-0.39, 0.29) is 0 Å². The van der Waals surface area contributed by atoms with Crippen LogP contribution in [-0.2, 0) is 7.05 Å². The average Bonchev–Trinajstić information content (AvgIpc) is 2.28. The predicted molar refractivity (Wildman–Crippen MR) is 69.0 cm³/mol. The molecule has 0 aliphatic rings. The van der Waals surface area contributed by atoms with E-state index in [4.69, 9.17) is 0 Å². The van der Waals surface area contributed by atoms with Crippen molar-refractivity contribution in [1.29, 1.82) is 0 Å². The minimum atomic E-state index is 0.590. The van der Waals surface area contributed by atoms with Gasteiger partial charge in [-0.25, -0.2) is 4.57 Å². The highest BCUT2D eigenvalue weighted by Gasteiger charge is 2.06. The first-order valence-corrected chi connectivity index (χ1v) is 5.74. The van der Waals surface area contributed by atoms with Crippen LogP contribution in [0.1, 0.15) is 19.4 Å². The molecule has 0 atom stereocenters. The third kappa shape index (κ3) is 2.13. The zero-order chi connectivity index (χ0) is 11.5. The molecule has 1 heterocycles. The summed E-state index contributed by atoms with van der Waals surface area (Å²) >= 11 is 0. The largest absolute Gasteiger partial charge is 0.212 e. The summed E-state index contributed by atoms with van der Waals surface area (Å²) in [5, 5.41) is 1.31. The molecule has 0 aliphatic carbocycles. The van der Waals surface area contributed by atoms with Gasteiger partial charge in [0.2, 0.25) is 5.52 Å². The maximum absolute atomic E-state index is 2.24. The Labute approximate surface area is 97.0 Å². The van der Waals surface area contributed by atoms with Gasteiger partial charge in [-0.2, -0.15) is 0 Å². The van der Waals surface area contributed by atoms with Gasteiger partial charge in [0.1, 0.15) is 7.05 Å². The second-order valence-corrected chi connectivity index (χ2v) is 4.50. The van der Waals surface area contributed by atoms with Gasteiger partial charge in [-0.05, 0) is 17.5 Å². The lowest BCUT2D eigenvalue weighted by Gasteiger charge is -2.01. The summed E-state index contributed by atoms with van der Waals surface area (Å²) in [7, 11) is 2.08. The minimum Gasteiger partial charge on any atom is -0.201 e. The van der Waals surface area contributed by atoms with Crippen LogP contribution in [0.4, 0.5) is 0 Å². The summed E-state index contributed by atoms with van der Waals surface area (Å²) in [6.07, 6.45) is 6.57. The van der Waals surface area contributed by atoms with Crippen LogP contribution < -0.4 is 4.57 Å². The Morgan fingerprint density at radius 2 is 1.88 bits per heavy atom. The molecule has 0 radical (unpaired) electrons. The van der Waals surface area contributed by atoms with Crippen molar-refractivity contribution in [2.45, 2.75) is 13.8 Å². The van der Waals surface area contributed by atoms with Crippen molar-refractivity contribution in [3.05, 3.63) is 48.2 Å². The maximum Gasteiger partial charge on any atom is 0.212 e. The number of hydrogen-bond acceptors (Lipinski definition) is 0. The molecule has 2 rings (SSSR count). The van der Waals surface area contributed by atoms with E-state index in [0.717, 1.165) is 0 Å². The Bertz CT molecular complexity index is 524. The van der Waals surface area contributed by atoms with Crippen LogP contribution in [0.15, 0.2) is 42.6 Å². The molecule has 0 aliphatic heterocycles. The Morgan fingerprint density at radius 3 is 2.62 bits per heavy atom. The second-order valence-electron chi connectivity index (χ2n) is 4.50. The molecule has 0 unspecified atom stereocenters. The van der Waals surface area contributed by atoms with Gasteiger partial charge in [-0.15, -0.1) is 0 Å². The number of hydrogen-bond donors (Lipinski definition) is 0. The SMILES string of the molecule is CC(C)/C=C/c1cc[n+](C)c2ccccc12. The van der Waals surface area contributed by atoms with Gasteiger partial charge in [-0.3, -0.25) is 0 Å². The highest BCUT2D eigenvalue weighted by atomic mass is 14.9. The van der Waals surface area contributed by atoms with Gasteiger partial charge in [0.05, 0.1) is 5.39 Å². The van der Waals surface area contributed by atoms with Crippen LogP contribution in [0.25, 0.3) is 17.0 Å². The number of benzene rings is 1. The fourth-order valence-electron chi connectivity index (χ4n) is 1.83. The Morgan fingerprint density at radius 1 is 1.12 bits per heavy atom. The van der Waals surface area contributed by atoms with Crippen molar-refractivity contribution in [3.63, 3.8) is 0 Å². The van der Waals surface area contributed by atoms with E-state index >= 15 is 0 Å². The number of pyridine rings is 1. The molecule has 82 valence electrons. The first-order valence-electron chi connectivity index (χ1n) is 5.74. The predicted octanol–water partition coefficient (Wildman–Crippen LogP) is 3.33. The molecule has 1 nitrogen and oxygen atoms in total. The molecule has 0 fully saturated rings. The summed E-state index contributed by atoms with van der Waals surface area (Å²) in [5.41, 5.74) is 2.57. The quantitative estimate of drug-likeness (QED) is 0.672. The summed E-state index contributed by atoms with van der Waals surface area (Å²) in [5.74, 6) is 0.590. The fourth-order valence-corrected chi connectivity index (χ4v) is 1.83. The number of para-hydroxylation sites is 1. The number of aryl methyl sites for hydroxylation is 1. The van der Waals surface area contributed by atoms with E-state index in [1.807, 2.05) is 0 Å².